The second-order valence-electron chi connectivity index (χ2n) is 9.17. The predicted octanol–water partition coefficient (Wildman–Crippen LogP) is 4.82. The van der Waals surface area contributed by atoms with Gasteiger partial charge in [-0.2, -0.15) is 5.10 Å². The molecule has 168 valence electrons. The number of nitrogens with zero attached hydrogens (tertiary/aromatic N) is 2. The van der Waals surface area contributed by atoms with Crippen LogP contribution in [0.15, 0.2) is 48.7 Å². The number of halogens is 1. The zero-order valence-electron chi connectivity index (χ0n) is 18.2. The minimum absolute atomic E-state index is 0.00362. The number of benzene rings is 2. The molecule has 1 aliphatic carbocycles. The number of hydrogen-bond acceptors (Lipinski definition) is 3. The Balaban J connectivity index is 1.27. The summed E-state index contributed by atoms with van der Waals surface area (Å²) >= 11 is 6.33. The van der Waals surface area contributed by atoms with Crippen LogP contribution in [0.2, 0.25) is 5.02 Å². The molecule has 1 saturated heterocycles. The zero-order chi connectivity index (χ0) is 22.6. The van der Waals surface area contributed by atoms with E-state index in [1.54, 1.807) is 6.07 Å². The molecule has 1 aliphatic heterocycles. The highest BCUT2D eigenvalue weighted by Gasteiger charge is 2.37. The van der Waals surface area contributed by atoms with E-state index >= 15 is 0 Å². The van der Waals surface area contributed by atoms with E-state index in [1.807, 2.05) is 47.5 Å². The molecule has 3 heterocycles. The van der Waals surface area contributed by atoms with Crippen molar-refractivity contribution in [3.05, 3.63) is 75.9 Å². The molecule has 4 aromatic rings. The van der Waals surface area contributed by atoms with Crippen LogP contribution in [0.1, 0.15) is 46.3 Å². The number of amides is 1. The topological polar surface area (TPSA) is 85.0 Å². The molecule has 2 aromatic carbocycles. The van der Waals surface area contributed by atoms with Gasteiger partial charge in [-0.25, -0.2) is 0 Å². The SMILES string of the molecule is O=C(c1ccc2[nH]c3c(c2c1)CCCc1cn[nH]c1-3)N1CCC(O)(c2ccccc2Cl)CC1. The van der Waals surface area contributed by atoms with Gasteiger partial charge in [0, 0.05) is 40.1 Å². The molecule has 0 bridgehead atoms. The van der Waals surface area contributed by atoms with Crippen LogP contribution in [0.4, 0.5) is 0 Å². The first kappa shape index (κ1) is 20.5. The molecule has 33 heavy (non-hydrogen) atoms. The Hall–Kier alpha value is -3.09. The number of piperidine rings is 1. The van der Waals surface area contributed by atoms with Gasteiger partial charge < -0.3 is 15.0 Å². The van der Waals surface area contributed by atoms with Crippen LogP contribution >= 0.6 is 11.6 Å². The van der Waals surface area contributed by atoms with Gasteiger partial charge in [0.25, 0.3) is 5.91 Å². The lowest BCUT2D eigenvalue weighted by molar-refractivity contribution is -0.0210. The summed E-state index contributed by atoms with van der Waals surface area (Å²) < 4.78 is 0. The number of rotatable bonds is 2. The second-order valence-corrected chi connectivity index (χ2v) is 9.57. The molecule has 0 atom stereocenters. The zero-order valence-corrected chi connectivity index (χ0v) is 19.0. The van der Waals surface area contributed by atoms with Crippen molar-refractivity contribution in [3.63, 3.8) is 0 Å². The number of aryl methyl sites for hydroxylation is 2. The molecule has 0 spiro atoms. The van der Waals surface area contributed by atoms with Gasteiger partial charge in [-0.3, -0.25) is 9.89 Å². The normalized spacial score (nSPS) is 17.5. The second kappa shape index (κ2) is 7.75. The van der Waals surface area contributed by atoms with Crippen molar-refractivity contribution in [2.24, 2.45) is 0 Å². The van der Waals surface area contributed by atoms with Crippen LogP contribution in [0.25, 0.3) is 22.3 Å². The fraction of sp³-hybridized carbons (Fsp3) is 0.308. The van der Waals surface area contributed by atoms with Crippen molar-refractivity contribution in [3.8, 4) is 11.4 Å². The van der Waals surface area contributed by atoms with Gasteiger partial charge in [-0.15, -0.1) is 0 Å². The maximum Gasteiger partial charge on any atom is 0.253 e. The first-order valence-corrected chi connectivity index (χ1v) is 11.9. The van der Waals surface area contributed by atoms with Crippen molar-refractivity contribution in [1.82, 2.24) is 20.1 Å². The van der Waals surface area contributed by atoms with E-state index in [-0.39, 0.29) is 5.91 Å². The first-order chi connectivity index (χ1) is 16.0. The summed E-state index contributed by atoms with van der Waals surface area (Å²) in [6.07, 6.45) is 5.85. The molecular weight excluding hydrogens is 436 g/mol. The molecule has 0 unspecified atom stereocenters. The smallest absolute Gasteiger partial charge is 0.253 e. The van der Waals surface area contributed by atoms with Gasteiger partial charge in [0.1, 0.15) is 0 Å². The largest absolute Gasteiger partial charge is 0.385 e. The third-order valence-electron chi connectivity index (χ3n) is 7.25. The van der Waals surface area contributed by atoms with Crippen molar-refractivity contribution in [2.45, 2.75) is 37.7 Å². The summed E-state index contributed by atoms with van der Waals surface area (Å²) in [6, 6.07) is 13.3. The number of H-pyrrole nitrogens is 2. The number of likely N-dealkylation sites (tertiary alicyclic amines) is 1. The van der Waals surface area contributed by atoms with Crippen molar-refractivity contribution >= 4 is 28.4 Å². The molecule has 1 amide bonds. The number of aromatic nitrogens is 3. The maximum atomic E-state index is 13.4. The molecule has 0 radical (unpaired) electrons. The van der Waals surface area contributed by atoms with Gasteiger partial charge in [0.2, 0.25) is 0 Å². The molecule has 2 aliphatic rings. The lowest BCUT2D eigenvalue weighted by Crippen LogP contribution is -2.45. The number of aromatic amines is 2. The standard InChI is InChI=1S/C26H25ClN4O2/c27-21-7-2-1-6-20(21)26(33)10-12-31(13-11-26)25(32)16-8-9-22-19(14-16)18-5-3-4-17-15-28-30-23(17)24(18)29-22/h1-2,6-9,14-15,29,33H,3-5,10-13H2,(H,28,30). The van der Waals surface area contributed by atoms with Crippen molar-refractivity contribution in [2.75, 3.05) is 13.1 Å². The summed E-state index contributed by atoms with van der Waals surface area (Å²) in [6.45, 7) is 0.975. The van der Waals surface area contributed by atoms with E-state index in [0.29, 0.717) is 36.5 Å². The number of nitrogens with one attached hydrogen (secondary N) is 2. The molecule has 7 heteroatoms. The third-order valence-corrected chi connectivity index (χ3v) is 7.58. The molecule has 2 aromatic heterocycles. The summed E-state index contributed by atoms with van der Waals surface area (Å²) in [7, 11) is 0. The Morgan fingerprint density at radius 3 is 2.73 bits per heavy atom. The van der Waals surface area contributed by atoms with E-state index in [4.69, 9.17) is 11.6 Å². The Labute approximate surface area is 196 Å². The van der Waals surface area contributed by atoms with Crippen LogP contribution in [0, 0.1) is 0 Å². The first-order valence-electron chi connectivity index (χ1n) is 11.5. The summed E-state index contributed by atoms with van der Waals surface area (Å²) in [5, 5.41) is 20.2. The lowest BCUT2D eigenvalue weighted by atomic mass is 9.84. The van der Waals surface area contributed by atoms with Gasteiger partial charge in [0.15, 0.2) is 0 Å². The fourth-order valence-corrected chi connectivity index (χ4v) is 5.71. The Morgan fingerprint density at radius 2 is 1.91 bits per heavy atom. The van der Waals surface area contributed by atoms with Gasteiger partial charge >= 0.3 is 0 Å². The average molecular weight is 461 g/mol. The van der Waals surface area contributed by atoms with Gasteiger partial charge in [-0.1, -0.05) is 29.8 Å². The Morgan fingerprint density at radius 1 is 1.09 bits per heavy atom. The van der Waals surface area contributed by atoms with E-state index in [9.17, 15) is 9.90 Å². The van der Waals surface area contributed by atoms with Gasteiger partial charge in [-0.05, 0) is 67.5 Å². The van der Waals surface area contributed by atoms with E-state index in [1.165, 1.54) is 11.1 Å². The number of aliphatic hydroxyl groups is 1. The molecular formula is C26H25ClN4O2. The molecule has 6 nitrogen and oxygen atoms in total. The van der Waals surface area contributed by atoms with Crippen LogP contribution in [0.3, 0.4) is 0 Å². The summed E-state index contributed by atoms with van der Waals surface area (Å²) in [5.74, 6) is 0.00362. The monoisotopic (exact) mass is 460 g/mol. The average Bonchev–Trinajstić information content (AvgIpc) is 3.39. The Bertz CT molecular complexity index is 1360. The maximum absolute atomic E-state index is 13.4. The van der Waals surface area contributed by atoms with E-state index in [0.717, 1.165) is 47.1 Å². The number of hydrogen-bond donors (Lipinski definition) is 3. The predicted molar refractivity (Wildman–Crippen MR) is 128 cm³/mol. The molecule has 0 saturated carbocycles. The third kappa shape index (κ3) is 3.36. The van der Waals surface area contributed by atoms with E-state index < -0.39 is 5.60 Å². The molecule has 3 N–H and O–H groups in total. The minimum atomic E-state index is -1.00. The van der Waals surface area contributed by atoms with E-state index in [2.05, 4.69) is 15.2 Å². The Kier molecular flexibility index (Phi) is 4.82. The summed E-state index contributed by atoms with van der Waals surface area (Å²) in [4.78, 5) is 18.7. The highest BCUT2D eigenvalue weighted by atomic mass is 35.5. The van der Waals surface area contributed by atoms with Crippen LogP contribution < -0.4 is 0 Å². The van der Waals surface area contributed by atoms with Crippen molar-refractivity contribution < 1.29 is 9.90 Å². The van der Waals surface area contributed by atoms with Crippen LogP contribution in [0.5, 0.6) is 0 Å². The lowest BCUT2D eigenvalue weighted by Gasteiger charge is -2.39. The van der Waals surface area contributed by atoms with Gasteiger partial charge in [0.05, 0.1) is 23.2 Å². The summed E-state index contributed by atoms with van der Waals surface area (Å²) in [5.41, 5.74) is 6.08. The highest BCUT2D eigenvalue weighted by molar-refractivity contribution is 6.31. The molecule has 6 rings (SSSR count). The minimum Gasteiger partial charge on any atom is -0.385 e. The number of carbonyl (C=O) groups excluding carboxylic acids is 1. The fourth-order valence-electron chi connectivity index (χ4n) is 5.40. The highest BCUT2D eigenvalue weighted by Crippen LogP contribution is 2.38. The van der Waals surface area contributed by atoms with Crippen molar-refractivity contribution in [1.29, 1.82) is 0 Å². The molecule has 1 fully saturated rings. The van der Waals surface area contributed by atoms with Crippen LogP contribution in [-0.4, -0.2) is 44.2 Å². The number of carbonyl (C=O) groups is 1. The number of fused-ring (bicyclic) bond motifs is 5. The quantitative estimate of drug-likeness (QED) is 0.400. The van der Waals surface area contributed by atoms with Crippen LogP contribution in [-0.2, 0) is 18.4 Å².